The molecule has 0 saturated carbocycles. The molecule has 1 aliphatic rings. The highest BCUT2D eigenvalue weighted by molar-refractivity contribution is 8.33. The van der Waals surface area contributed by atoms with Crippen molar-refractivity contribution in [2.45, 2.75) is 32.6 Å². The zero-order valence-electron chi connectivity index (χ0n) is 8.27. The van der Waals surface area contributed by atoms with E-state index in [-0.39, 0.29) is 0 Å². The van der Waals surface area contributed by atoms with Gasteiger partial charge in [0.05, 0.1) is 0 Å². The number of Topliss-reactive ketones (excluding diaryl/α,β-unsaturated/α-hetero) is 1. The van der Waals surface area contributed by atoms with Crippen molar-refractivity contribution < 1.29 is 4.79 Å². The van der Waals surface area contributed by atoms with E-state index in [2.05, 4.69) is 6.26 Å². The minimum absolute atomic E-state index is 0.481. The molecule has 0 aromatic carbocycles. The average molecular weight is 188 g/mol. The van der Waals surface area contributed by atoms with Crippen LogP contribution in [0.1, 0.15) is 32.6 Å². The van der Waals surface area contributed by atoms with Crippen molar-refractivity contribution in [3.63, 3.8) is 0 Å². The molecular weight excluding hydrogens is 168 g/mol. The molecule has 2 heteroatoms. The van der Waals surface area contributed by atoms with Gasteiger partial charge in [0.2, 0.25) is 0 Å². The zero-order valence-corrected chi connectivity index (χ0v) is 9.08. The summed E-state index contributed by atoms with van der Waals surface area (Å²) >= 11 is 0. The molecule has 12 heavy (non-hydrogen) atoms. The van der Waals surface area contributed by atoms with Crippen LogP contribution >= 0.6 is 10.0 Å². The van der Waals surface area contributed by atoms with Crippen molar-refractivity contribution in [3.05, 3.63) is 0 Å². The maximum absolute atomic E-state index is 11.3. The topological polar surface area (TPSA) is 17.1 Å². The number of ketones is 1. The molecule has 1 fully saturated rings. The summed E-state index contributed by atoms with van der Waals surface area (Å²) in [5.41, 5.74) is 0. The van der Waals surface area contributed by atoms with Crippen LogP contribution in [0, 0.1) is 0 Å². The van der Waals surface area contributed by atoms with Gasteiger partial charge in [-0.25, -0.2) is 10.0 Å². The van der Waals surface area contributed by atoms with Crippen molar-refractivity contribution in [3.8, 4) is 0 Å². The second kappa shape index (κ2) is 4.31. The fourth-order valence-corrected chi connectivity index (χ4v) is 5.09. The fourth-order valence-electron chi connectivity index (χ4n) is 1.81. The van der Waals surface area contributed by atoms with Crippen molar-refractivity contribution in [2.24, 2.45) is 0 Å². The van der Waals surface area contributed by atoms with Gasteiger partial charge in [0, 0.05) is 12.2 Å². The lowest BCUT2D eigenvalue weighted by Crippen LogP contribution is -2.21. The smallest absolute Gasteiger partial charge is 0.140 e. The standard InChI is InChI=1S/C10H20OS/c1-3-10(11)9-12(2)7-5-4-6-8-12/h3-9H2,1-2H3. The van der Waals surface area contributed by atoms with E-state index in [4.69, 9.17) is 0 Å². The van der Waals surface area contributed by atoms with Gasteiger partial charge in [0.1, 0.15) is 5.78 Å². The van der Waals surface area contributed by atoms with Gasteiger partial charge in [-0.1, -0.05) is 13.3 Å². The first kappa shape index (κ1) is 10.1. The number of hydrogen-bond acceptors (Lipinski definition) is 1. The molecule has 1 heterocycles. The highest BCUT2D eigenvalue weighted by Gasteiger charge is 2.23. The van der Waals surface area contributed by atoms with Gasteiger partial charge in [-0.05, 0) is 30.6 Å². The Kier molecular flexibility index (Phi) is 3.63. The second-order valence-corrected chi connectivity index (χ2v) is 8.05. The van der Waals surface area contributed by atoms with E-state index >= 15 is 0 Å². The van der Waals surface area contributed by atoms with E-state index in [9.17, 15) is 4.79 Å². The van der Waals surface area contributed by atoms with Crippen molar-refractivity contribution in [1.82, 2.24) is 0 Å². The third-order valence-corrected chi connectivity index (χ3v) is 6.25. The van der Waals surface area contributed by atoms with E-state index < -0.39 is 10.0 Å². The van der Waals surface area contributed by atoms with E-state index in [1.165, 1.54) is 30.8 Å². The van der Waals surface area contributed by atoms with Crippen LogP contribution in [0.3, 0.4) is 0 Å². The third kappa shape index (κ3) is 2.81. The van der Waals surface area contributed by atoms with Gasteiger partial charge in [-0.15, -0.1) is 0 Å². The molecule has 1 saturated heterocycles. The number of carbonyl (C=O) groups excluding carboxylic acids is 1. The summed E-state index contributed by atoms with van der Waals surface area (Å²) in [6, 6.07) is 0. The predicted molar refractivity (Wildman–Crippen MR) is 57.3 cm³/mol. The Morgan fingerprint density at radius 3 is 2.33 bits per heavy atom. The molecule has 1 rings (SSSR count). The van der Waals surface area contributed by atoms with Crippen LogP contribution in [-0.2, 0) is 4.79 Å². The minimum Gasteiger partial charge on any atom is -0.299 e. The molecule has 0 atom stereocenters. The first-order valence-electron chi connectivity index (χ1n) is 4.89. The summed E-state index contributed by atoms with van der Waals surface area (Å²) in [6.07, 6.45) is 7.22. The Labute approximate surface area is 77.2 Å². The SMILES string of the molecule is CCC(=O)CS1(C)CCCCC1. The fraction of sp³-hybridized carbons (Fsp3) is 0.900. The molecule has 72 valence electrons. The van der Waals surface area contributed by atoms with Gasteiger partial charge in [0.25, 0.3) is 0 Å². The Bertz CT molecular complexity index is 159. The predicted octanol–water partition coefficient (Wildman–Crippen LogP) is 2.58. The Hall–Kier alpha value is 0.0200. The van der Waals surface area contributed by atoms with Crippen molar-refractivity contribution in [1.29, 1.82) is 0 Å². The van der Waals surface area contributed by atoms with E-state index in [1.54, 1.807) is 0 Å². The van der Waals surface area contributed by atoms with Gasteiger partial charge < -0.3 is 0 Å². The number of hydrogen-bond donors (Lipinski definition) is 0. The molecule has 0 bridgehead atoms. The maximum Gasteiger partial charge on any atom is 0.140 e. The molecule has 1 nitrogen and oxygen atoms in total. The van der Waals surface area contributed by atoms with Crippen LogP contribution in [0.2, 0.25) is 0 Å². The lowest BCUT2D eigenvalue weighted by molar-refractivity contribution is -0.116. The number of carbonyl (C=O) groups is 1. The largest absolute Gasteiger partial charge is 0.299 e. The third-order valence-electron chi connectivity index (χ3n) is 2.68. The molecule has 0 aliphatic carbocycles. The lowest BCUT2D eigenvalue weighted by Gasteiger charge is -2.38. The monoisotopic (exact) mass is 188 g/mol. The Balaban J connectivity index is 2.41. The first-order valence-corrected chi connectivity index (χ1v) is 7.44. The number of rotatable bonds is 3. The summed E-state index contributed by atoms with van der Waals surface area (Å²) in [4.78, 5) is 11.3. The van der Waals surface area contributed by atoms with Crippen LogP contribution in [0.15, 0.2) is 0 Å². The Morgan fingerprint density at radius 2 is 1.83 bits per heavy atom. The highest BCUT2D eigenvalue weighted by atomic mass is 32.3. The minimum atomic E-state index is -0.501. The van der Waals surface area contributed by atoms with Gasteiger partial charge in [-0.2, -0.15) is 0 Å². The van der Waals surface area contributed by atoms with Crippen LogP contribution in [0.5, 0.6) is 0 Å². The highest BCUT2D eigenvalue weighted by Crippen LogP contribution is 2.48. The second-order valence-electron chi connectivity index (χ2n) is 3.98. The average Bonchev–Trinajstić information content (AvgIpc) is 2.05. The van der Waals surface area contributed by atoms with Crippen LogP contribution < -0.4 is 0 Å². The zero-order chi connectivity index (χ0) is 9.03. The first-order chi connectivity index (χ1) is 5.66. The molecule has 0 amide bonds. The molecule has 1 aliphatic heterocycles. The van der Waals surface area contributed by atoms with Gasteiger partial charge in [0.15, 0.2) is 0 Å². The normalized spacial score (nSPS) is 24.8. The molecule has 0 radical (unpaired) electrons. The maximum atomic E-state index is 11.3. The lowest BCUT2D eigenvalue weighted by atomic mass is 10.3. The summed E-state index contributed by atoms with van der Waals surface area (Å²) in [7, 11) is -0.501. The molecular formula is C10H20OS. The quantitative estimate of drug-likeness (QED) is 0.665. The van der Waals surface area contributed by atoms with Crippen molar-refractivity contribution in [2.75, 3.05) is 23.5 Å². The van der Waals surface area contributed by atoms with E-state index in [0.717, 1.165) is 12.2 Å². The summed E-state index contributed by atoms with van der Waals surface area (Å²) in [6.45, 7) is 1.98. The van der Waals surface area contributed by atoms with Gasteiger partial charge >= 0.3 is 0 Å². The van der Waals surface area contributed by atoms with Gasteiger partial charge in [-0.3, -0.25) is 4.79 Å². The molecule has 0 aromatic heterocycles. The molecule has 0 spiro atoms. The molecule has 0 aromatic rings. The Morgan fingerprint density at radius 1 is 1.25 bits per heavy atom. The van der Waals surface area contributed by atoms with Crippen molar-refractivity contribution >= 4 is 15.8 Å². The summed E-state index contributed by atoms with van der Waals surface area (Å²) in [5, 5.41) is 0. The van der Waals surface area contributed by atoms with Crippen LogP contribution in [0.25, 0.3) is 0 Å². The molecule has 0 N–H and O–H groups in total. The van der Waals surface area contributed by atoms with Crippen LogP contribution in [-0.4, -0.2) is 29.3 Å². The van der Waals surface area contributed by atoms with E-state index in [0.29, 0.717) is 5.78 Å². The van der Waals surface area contributed by atoms with Crippen LogP contribution in [0.4, 0.5) is 0 Å². The molecule has 0 unspecified atom stereocenters. The summed E-state index contributed by atoms with van der Waals surface area (Å²) < 4.78 is 0. The van der Waals surface area contributed by atoms with E-state index in [1.807, 2.05) is 6.92 Å². The summed E-state index contributed by atoms with van der Waals surface area (Å²) in [5.74, 6) is 4.08.